The summed E-state index contributed by atoms with van der Waals surface area (Å²) in [6.45, 7) is 2.22. The van der Waals surface area contributed by atoms with E-state index in [1.165, 1.54) is 25.7 Å². The predicted molar refractivity (Wildman–Crippen MR) is 57.7 cm³/mol. The third-order valence-corrected chi connectivity index (χ3v) is 1.98. The Labute approximate surface area is 82.5 Å². The number of hydrogen-bond donors (Lipinski definition) is 0. The molecule has 0 bridgehead atoms. The first kappa shape index (κ1) is 12.7. The summed E-state index contributed by atoms with van der Waals surface area (Å²) in [5, 5.41) is 0. The molecule has 0 saturated carbocycles. The monoisotopic (exact) mass is 184 g/mol. The molecule has 0 rings (SSSR count). The van der Waals surface area contributed by atoms with E-state index in [1.807, 2.05) is 5.98 Å². The lowest BCUT2D eigenvalue weighted by molar-refractivity contribution is 0.290. The SMILES string of the molecule is CCCCCC/C=C/B(OC)OC. The molecule has 0 heterocycles. The van der Waals surface area contributed by atoms with Crippen molar-refractivity contribution >= 4 is 7.12 Å². The Morgan fingerprint density at radius 2 is 1.77 bits per heavy atom. The second-order valence-corrected chi connectivity index (χ2v) is 3.12. The van der Waals surface area contributed by atoms with Gasteiger partial charge in [0.2, 0.25) is 0 Å². The standard InChI is InChI=1S/C10H21BO2/c1-4-5-6-7-8-9-10-11(12-2)13-3/h9-10H,4-8H2,1-3H3/b10-9+. The maximum absolute atomic E-state index is 5.02. The van der Waals surface area contributed by atoms with Crippen LogP contribution in [0.15, 0.2) is 12.1 Å². The van der Waals surface area contributed by atoms with Gasteiger partial charge in [-0.1, -0.05) is 38.2 Å². The lowest BCUT2D eigenvalue weighted by Gasteiger charge is -2.01. The van der Waals surface area contributed by atoms with Crippen molar-refractivity contribution in [3.05, 3.63) is 12.1 Å². The Balaban J connectivity index is 3.28. The predicted octanol–water partition coefficient (Wildman–Crippen LogP) is 2.83. The topological polar surface area (TPSA) is 18.5 Å². The van der Waals surface area contributed by atoms with Gasteiger partial charge in [0.25, 0.3) is 0 Å². The summed E-state index contributed by atoms with van der Waals surface area (Å²) in [5.74, 6) is 1.96. The zero-order chi connectivity index (χ0) is 9.94. The summed E-state index contributed by atoms with van der Waals surface area (Å²) in [6, 6.07) is 0. The maximum Gasteiger partial charge on any atom is 0.485 e. The van der Waals surface area contributed by atoms with Crippen molar-refractivity contribution in [2.45, 2.75) is 39.0 Å². The van der Waals surface area contributed by atoms with Gasteiger partial charge in [-0.05, 0) is 12.8 Å². The minimum absolute atomic E-state index is 0.175. The molecule has 13 heavy (non-hydrogen) atoms. The van der Waals surface area contributed by atoms with Gasteiger partial charge in [0.15, 0.2) is 0 Å². The van der Waals surface area contributed by atoms with Crippen molar-refractivity contribution < 1.29 is 9.31 Å². The van der Waals surface area contributed by atoms with E-state index in [1.54, 1.807) is 14.2 Å². The molecule has 0 atom stereocenters. The van der Waals surface area contributed by atoms with E-state index < -0.39 is 0 Å². The first-order valence-electron chi connectivity index (χ1n) is 5.07. The molecule has 0 aliphatic heterocycles. The number of unbranched alkanes of at least 4 members (excludes halogenated alkanes) is 4. The van der Waals surface area contributed by atoms with E-state index in [9.17, 15) is 0 Å². The van der Waals surface area contributed by atoms with Crippen molar-refractivity contribution in [1.82, 2.24) is 0 Å². The molecular weight excluding hydrogens is 163 g/mol. The van der Waals surface area contributed by atoms with E-state index in [-0.39, 0.29) is 7.12 Å². The van der Waals surface area contributed by atoms with Crippen LogP contribution in [0.1, 0.15) is 39.0 Å². The van der Waals surface area contributed by atoms with Crippen molar-refractivity contribution in [2.24, 2.45) is 0 Å². The van der Waals surface area contributed by atoms with Crippen LogP contribution in [0.25, 0.3) is 0 Å². The quantitative estimate of drug-likeness (QED) is 0.426. The van der Waals surface area contributed by atoms with Gasteiger partial charge in [0.05, 0.1) is 0 Å². The van der Waals surface area contributed by atoms with Gasteiger partial charge >= 0.3 is 7.12 Å². The van der Waals surface area contributed by atoms with Crippen molar-refractivity contribution in [3.8, 4) is 0 Å². The molecule has 2 nitrogen and oxygen atoms in total. The summed E-state index contributed by atoms with van der Waals surface area (Å²) in [5.41, 5.74) is 0. The van der Waals surface area contributed by atoms with Gasteiger partial charge in [0, 0.05) is 14.2 Å². The second-order valence-electron chi connectivity index (χ2n) is 3.12. The second kappa shape index (κ2) is 9.81. The number of rotatable bonds is 8. The summed E-state index contributed by atoms with van der Waals surface area (Å²) in [7, 11) is 3.12. The third-order valence-electron chi connectivity index (χ3n) is 1.98. The molecule has 0 radical (unpaired) electrons. The van der Waals surface area contributed by atoms with Crippen molar-refractivity contribution in [2.75, 3.05) is 14.2 Å². The highest BCUT2D eigenvalue weighted by Gasteiger charge is 2.06. The first-order chi connectivity index (χ1) is 6.35. The van der Waals surface area contributed by atoms with Crippen molar-refractivity contribution in [1.29, 1.82) is 0 Å². The van der Waals surface area contributed by atoms with Crippen LogP contribution in [0.4, 0.5) is 0 Å². The molecule has 0 aromatic carbocycles. The molecule has 0 unspecified atom stereocenters. The fourth-order valence-electron chi connectivity index (χ4n) is 1.15. The zero-order valence-corrected chi connectivity index (χ0v) is 9.08. The molecule has 0 N–H and O–H groups in total. The van der Waals surface area contributed by atoms with E-state index in [2.05, 4.69) is 13.0 Å². The average Bonchev–Trinajstić information content (AvgIpc) is 2.17. The fraction of sp³-hybridized carbons (Fsp3) is 0.800. The maximum atomic E-state index is 5.02. The average molecular weight is 184 g/mol. The zero-order valence-electron chi connectivity index (χ0n) is 9.08. The van der Waals surface area contributed by atoms with E-state index in [4.69, 9.17) is 9.31 Å². The van der Waals surface area contributed by atoms with Crippen LogP contribution >= 0.6 is 0 Å². The molecule has 0 saturated heterocycles. The Kier molecular flexibility index (Phi) is 9.60. The van der Waals surface area contributed by atoms with Crippen molar-refractivity contribution in [3.63, 3.8) is 0 Å². The van der Waals surface area contributed by atoms with Crippen LogP contribution in [0, 0.1) is 0 Å². The van der Waals surface area contributed by atoms with Crippen LogP contribution in [0.2, 0.25) is 0 Å². The minimum atomic E-state index is -0.175. The van der Waals surface area contributed by atoms with Crippen LogP contribution in [0.3, 0.4) is 0 Å². The molecule has 76 valence electrons. The Hall–Kier alpha value is -0.275. The highest BCUT2D eigenvalue weighted by Crippen LogP contribution is 2.03. The van der Waals surface area contributed by atoms with E-state index in [0.29, 0.717) is 0 Å². The Bertz CT molecular complexity index is 122. The molecule has 0 spiro atoms. The van der Waals surface area contributed by atoms with Gasteiger partial charge in [-0.3, -0.25) is 0 Å². The largest absolute Gasteiger partial charge is 0.485 e. The molecular formula is C10H21BO2. The van der Waals surface area contributed by atoms with E-state index >= 15 is 0 Å². The first-order valence-corrected chi connectivity index (χ1v) is 5.07. The molecule has 0 aliphatic carbocycles. The highest BCUT2D eigenvalue weighted by molar-refractivity contribution is 6.50. The van der Waals surface area contributed by atoms with Crippen LogP contribution in [0.5, 0.6) is 0 Å². The van der Waals surface area contributed by atoms with Gasteiger partial charge in [-0.25, -0.2) is 0 Å². The molecule has 0 aromatic rings. The van der Waals surface area contributed by atoms with Crippen LogP contribution in [-0.2, 0) is 9.31 Å². The molecule has 0 aromatic heterocycles. The van der Waals surface area contributed by atoms with Gasteiger partial charge < -0.3 is 9.31 Å². The minimum Gasteiger partial charge on any atom is -0.410 e. The number of allylic oxidation sites excluding steroid dienone is 1. The Morgan fingerprint density at radius 1 is 1.08 bits per heavy atom. The highest BCUT2D eigenvalue weighted by atomic mass is 16.6. The summed E-state index contributed by atoms with van der Waals surface area (Å²) >= 11 is 0. The lowest BCUT2D eigenvalue weighted by Crippen LogP contribution is -2.15. The van der Waals surface area contributed by atoms with Crippen LogP contribution < -0.4 is 0 Å². The summed E-state index contributed by atoms with van der Waals surface area (Å²) in [6.07, 6.45) is 8.49. The van der Waals surface area contributed by atoms with E-state index in [0.717, 1.165) is 6.42 Å². The van der Waals surface area contributed by atoms with Crippen LogP contribution in [-0.4, -0.2) is 21.3 Å². The Morgan fingerprint density at radius 3 is 2.31 bits per heavy atom. The number of hydrogen-bond acceptors (Lipinski definition) is 2. The fourth-order valence-corrected chi connectivity index (χ4v) is 1.15. The smallest absolute Gasteiger partial charge is 0.410 e. The normalized spacial score (nSPS) is 11.0. The summed E-state index contributed by atoms with van der Waals surface area (Å²) < 4.78 is 10.0. The van der Waals surface area contributed by atoms with Gasteiger partial charge in [-0.2, -0.15) is 0 Å². The van der Waals surface area contributed by atoms with Gasteiger partial charge in [-0.15, -0.1) is 0 Å². The van der Waals surface area contributed by atoms with Gasteiger partial charge in [0.1, 0.15) is 0 Å². The molecule has 0 fully saturated rings. The molecule has 3 heteroatoms. The summed E-state index contributed by atoms with van der Waals surface area (Å²) in [4.78, 5) is 0. The lowest BCUT2D eigenvalue weighted by atomic mass is 9.89. The molecule has 0 amide bonds. The molecule has 0 aliphatic rings. The third kappa shape index (κ3) is 8.07.